The molecule has 0 aliphatic rings. The number of carbonyl (C=O) groups excluding carboxylic acids is 5. The maximum Gasteiger partial charge on any atom is 0.332 e. The summed E-state index contributed by atoms with van der Waals surface area (Å²) in [6.45, 7) is 44.8. The van der Waals surface area contributed by atoms with Gasteiger partial charge in [-0.1, -0.05) is 61.9 Å². The molecule has 568 valence electrons. The van der Waals surface area contributed by atoms with Crippen molar-refractivity contribution < 1.29 is 71.3 Å². The maximum atomic E-state index is 12.4. The summed E-state index contributed by atoms with van der Waals surface area (Å²) in [6.07, 6.45) is 6.02. The van der Waals surface area contributed by atoms with E-state index in [1.54, 1.807) is 45.0 Å². The molecular formula is C68H131N15O15. The smallest absolute Gasteiger partial charge is 0.332 e. The van der Waals surface area contributed by atoms with Gasteiger partial charge in [0.2, 0.25) is 11.8 Å². The van der Waals surface area contributed by atoms with Crippen molar-refractivity contribution in [2.24, 2.45) is 15.3 Å². The van der Waals surface area contributed by atoms with Crippen molar-refractivity contribution in [3.8, 4) is 5.75 Å². The van der Waals surface area contributed by atoms with Crippen LogP contribution in [0.3, 0.4) is 0 Å². The fourth-order valence-electron chi connectivity index (χ4n) is 7.50. The maximum absolute atomic E-state index is 12.4. The predicted molar refractivity (Wildman–Crippen MR) is 384 cm³/mol. The van der Waals surface area contributed by atoms with E-state index in [1.807, 2.05) is 55.4 Å². The molecule has 0 bridgehead atoms. The largest absolute Gasteiger partial charge is 0.491 e. The molecule has 0 fully saturated rings. The van der Waals surface area contributed by atoms with Gasteiger partial charge in [-0.3, -0.25) is 19.2 Å². The number of nitrogens with zero attached hydrogens (tertiary/aromatic N) is 9. The molecule has 3 amide bonds. The van der Waals surface area contributed by atoms with E-state index >= 15 is 0 Å². The number of azide groups is 3. The summed E-state index contributed by atoms with van der Waals surface area (Å²) in [7, 11) is 0. The van der Waals surface area contributed by atoms with E-state index in [0.717, 1.165) is 19.4 Å². The van der Waals surface area contributed by atoms with Crippen LogP contribution in [-0.2, 0) is 61.8 Å². The number of carbonyl (C=O) groups is 5. The van der Waals surface area contributed by atoms with E-state index in [4.69, 9.17) is 64.0 Å². The Bertz CT molecular complexity index is 2400. The Balaban J connectivity index is -0.000000665. The second kappa shape index (κ2) is 57.6. The lowest BCUT2D eigenvalue weighted by Gasteiger charge is -2.20. The molecule has 1 rings (SSSR count). The molecule has 0 radical (unpaired) electrons. The molecule has 1 aromatic rings. The number of hydrogen-bond donors (Lipinski definition) is 6. The third-order valence-electron chi connectivity index (χ3n) is 11.5. The first-order valence-electron chi connectivity index (χ1n) is 33.9. The second-order valence-corrected chi connectivity index (χ2v) is 28.1. The van der Waals surface area contributed by atoms with Gasteiger partial charge in [-0.2, -0.15) is 0 Å². The molecule has 30 heteroatoms. The Morgan fingerprint density at radius 1 is 0.449 bits per heavy atom. The summed E-state index contributed by atoms with van der Waals surface area (Å²) < 4.78 is 53.9. The highest BCUT2D eigenvalue weighted by atomic mass is 16.6. The Kier molecular flexibility index (Phi) is 57.8. The third kappa shape index (κ3) is 72.6. The number of nitrogens with one attached hydrogen (secondary N) is 6. The van der Waals surface area contributed by atoms with Crippen LogP contribution in [0.25, 0.3) is 31.3 Å². The zero-order valence-corrected chi connectivity index (χ0v) is 62.8. The van der Waals surface area contributed by atoms with E-state index < -0.39 is 35.9 Å². The van der Waals surface area contributed by atoms with Crippen molar-refractivity contribution in [1.82, 2.24) is 31.9 Å². The lowest BCUT2D eigenvalue weighted by molar-refractivity contribution is -0.161. The summed E-state index contributed by atoms with van der Waals surface area (Å²) in [5, 5.41) is 29.3. The van der Waals surface area contributed by atoms with Crippen LogP contribution >= 0.6 is 0 Å². The van der Waals surface area contributed by atoms with Gasteiger partial charge in [-0.15, -0.1) is 0 Å². The normalized spacial score (nSPS) is 12.4. The van der Waals surface area contributed by atoms with Crippen molar-refractivity contribution in [1.29, 1.82) is 0 Å². The Labute approximate surface area is 587 Å². The number of rotatable bonds is 47. The summed E-state index contributed by atoms with van der Waals surface area (Å²) in [5.41, 5.74) is 25.4. The second-order valence-electron chi connectivity index (χ2n) is 28.1. The topological polar surface area (TPSA) is 396 Å². The first-order valence-corrected chi connectivity index (χ1v) is 33.9. The molecule has 6 N–H and O–H groups in total. The minimum Gasteiger partial charge on any atom is -0.491 e. The van der Waals surface area contributed by atoms with Gasteiger partial charge in [0, 0.05) is 101 Å². The number of unbranched alkanes of at least 4 members (excludes halogenated alkanes) is 5. The molecule has 0 saturated carbocycles. The molecule has 0 aliphatic heterocycles. The fourth-order valence-corrected chi connectivity index (χ4v) is 7.50. The summed E-state index contributed by atoms with van der Waals surface area (Å²) in [4.78, 5) is 67.3. The van der Waals surface area contributed by atoms with E-state index in [1.165, 1.54) is 19.3 Å². The predicted octanol–water partition coefficient (Wildman–Crippen LogP) is 12.2. The zero-order chi connectivity index (χ0) is 74.3. The van der Waals surface area contributed by atoms with Gasteiger partial charge in [0.1, 0.15) is 36.8 Å². The summed E-state index contributed by atoms with van der Waals surface area (Å²) >= 11 is 0. The summed E-state index contributed by atoms with van der Waals surface area (Å²) in [5.74, 6) is -0.699. The minimum absolute atomic E-state index is 0. The third-order valence-corrected chi connectivity index (χ3v) is 11.5. The molecule has 0 aliphatic carbocycles. The Morgan fingerprint density at radius 2 is 0.898 bits per heavy atom. The van der Waals surface area contributed by atoms with Crippen LogP contribution in [0.4, 0.5) is 0 Å². The Morgan fingerprint density at radius 3 is 1.41 bits per heavy atom. The van der Waals surface area contributed by atoms with Gasteiger partial charge in [0.05, 0.1) is 39.6 Å². The van der Waals surface area contributed by atoms with Crippen LogP contribution in [0.2, 0.25) is 0 Å². The van der Waals surface area contributed by atoms with Crippen molar-refractivity contribution in [2.45, 2.75) is 262 Å². The van der Waals surface area contributed by atoms with Gasteiger partial charge >= 0.3 is 11.9 Å². The van der Waals surface area contributed by atoms with Crippen LogP contribution < -0.4 is 36.6 Å². The van der Waals surface area contributed by atoms with Crippen molar-refractivity contribution in [3.63, 3.8) is 0 Å². The van der Waals surface area contributed by atoms with E-state index in [9.17, 15) is 24.0 Å². The minimum atomic E-state index is -0.891. The Hall–Kier alpha value is -6.10. The molecule has 0 heterocycles. The van der Waals surface area contributed by atoms with Crippen LogP contribution in [0, 0.1) is 0 Å². The lowest BCUT2D eigenvalue weighted by Crippen LogP contribution is -2.42. The molecule has 3 unspecified atom stereocenters. The quantitative estimate of drug-likeness (QED) is 0.0116. The standard InChI is InChI=1S/C23H38N6O5.C22H44N4O4.C20H39N5O6.C2H6.CH4/c1-22(2,3)26-11-10-25-21(31)17-8-7-9-18(14-17)34-16-20(28-29-24)33-13-12-32-15-19(30)27-23(4,5)6;1-21(2,3)24-15-11-8-7-9-12-16-28-18-19(25-26-23)29-17-13-10-14-20(27)30-22(4,5)6;1-19(2,3)23-10-9-22-16(26)8-7-11-28-14-17(24-25-21)30-13-12-29-15-18(27)31-20(4,5)6;1-2;/h7-9,14,20,26H,10-13,15-16H2,1-6H3,(H,25,31)(H,27,30);19,24H,7-18H2,1-6H3;17,23H,7-15H2,1-6H3,(H,22,26);1-2H3;1H4. The molecule has 3 atom stereocenters. The number of benzene rings is 1. The van der Waals surface area contributed by atoms with Gasteiger partial charge in [-0.25, -0.2) is 4.79 Å². The van der Waals surface area contributed by atoms with Crippen molar-refractivity contribution in [2.75, 3.05) is 112 Å². The number of amides is 3. The molecule has 30 nitrogen and oxygen atoms in total. The zero-order valence-electron chi connectivity index (χ0n) is 62.8. The fraction of sp³-hybridized carbons (Fsp3) is 0.838. The van der Waals surface area contributed by atoms with E-state index in [2.05, 4.69) is 124 Å². The molecule has 0 spiro atoms. The number of ether oxygens (including phenoxy) is 10. The van der Waals surface area contributed by atoms with Crippen molar-refractivity contribution in [3.05, 3.63) is 61.2 Å². The average molecular weight is 1400 g/mol. The van der Waals surface area contributed by atoms with Gasteiger partial charge in [0.15, 0.2) is 18.7 Å². The molecular weight excluding hydrogens is 1270 g/mol. The number of esters is 2. The molecule has 0 aromatic heterocycles. The van der Waals surface area contributed by atoms with Gasteiger partial charge in [-0.05, 0) is 198 Å². The molecule has 1 aromatic carbocycles. The highest BCUT2D eigenvalue weighted by Crippen LogP contribution is 2.16. The lowest BCUT2D eigenvalue weighted by atomic mass is 10.1. The van der Waals surface area contributed by atoms with E-state index in [0.29, 0.717) is 89.4 Å². The molecule has 98 heavy (non-hydrogen) atoms. The highest BCUT2D eigenvalue weighted by molar-refractivity contribution is 5.94. The van der Waals surface area contributed by atoms with Crippen LogP contribution in [-0.4, -0.2) is 194 Å². The SMILES string of the molecule is C.CC.CC(C)(C)NCCCCCCCOCC(N=[N+]=[N-])OCCCCC(=O)OC(C)(C)C.CC(C)(C)NCCNC(=O)CCCOCC(N=[N+]=[N-])OCCOCC(=O)OC(C)(C)C.CC(C)(C)NCCNC(=O)c1cccc(OCC(N=[N+]=[N-])OCCOCC(=O)NC(C)(C)C)c1. The average Bonchev–Trinajstić information content (AvgIpc) is 0.908. The first kappa shape index (κ1) is 98.3. The van der Waals surface area contributed by atoms with Crippen LogP contribution in [0.5, 0.6) is 5.75 Å². The highest BCUT2D eigenvalue weighted by Gasteiger charge is 2.20. The van der Waals surface area contributed by atoms with Gasteiger partial charge < -0.3 is 79.3 Å². The van der Waals surface area contributed by atoms with Crippen LogP contribution in [0.15, 0.2) is 39.6 Å². The summed E-state index contributed by atoms with van der Waals surface area (Å²) in [6, 6.07) is 6.70. The van der Waals surface area contributed by atoms with Gasteiger partial charge in [0.25, 0.3) is 5.91 Å². The van der Waals surface area contributed by atoms with E-state index in [-0.39, 0.29) is 113 Å². The van der Waals surface area contributed by atoms with Crippen LogP contribution in [0.1, 0.15) is 220 Å². The van der Waals surface area contributed by atoms with Crippen molar-refractivity contribution >= 4 is 29.7 Å². The number of hydrogen-bond acceptors (Lipinski definition) is 21. The monoisotopic (exact) mass is 1400 g/mol. The molecule has 0 saturated heterocycles. The first-order chi connectivity index (χ1) is 45.4.